The van der Waals surface area contributed by atoms with Crippen molar-refractivity contribution in [3.05, 3.63) is 224 Å². The molecule has 4 nitrogen and oxygen atoms in total. The maximum Gasteiger partial charge on any atom is 2.00 e. The predicted octanol–water partition coefficient (Wildman–Crippen LogP) is 17.1. The average Bonchev–Trinajstić information content (AvgIpc) is 4.03. The molecule has 10 aromatic rings. The Kier molecular flexibility index (Phi) is 10.1. The van der Waals surface area contributed by atoms with Crippen LogP contribution in [0.25, 0.3) is 95.0 Å². The molecule has 5 heteroatoms. The zero-order chi connectivity index (χ0) is 55.5. The normalized spacial score (nSPS) is 14.3. The first-order valence-electron chi connectivity index (χ1n) is 27.6. The monoisotopic (exact) mass is 1090 g/mol. The number of para-hydroxylation sites is 1. The molecule has 0 aliphatic rings. The number of aryl methyl sites for hydroxylation is 2. The number of rotatable bonds is 10. The van der Waals surface area contributed by atoms with Crippen LogP contribution in [0.3, 0.4) is 0 Å². The number of nitrogens with zero attached hydrogens (tertiary/aromatic N) is 3. The first kappa shape index (κ1) is 35.9. The van der Waals surface area contributed by atoms with Gasteiger partial charge in [0.05, 0.1) is 28.0 Å². The number of aromatic nitrogens is 3. The average molecular weight is 1090 g/mol. The standard InChI is InChI=1S/C64H55N3O.Pt/c1-41(2)54-39-56(47-23-16-11-17-24-47)60(40-55(54)46-21-14-10-15-22-46)67-59-26-18-25-53(61(59)66-63(67)57-34-42(3)33-43(4)62(57)68-8)50-35-49(44-19-12-9-13-20-44)36-51(37-50)58-38-48(31-32-65-58)45-27-29-52(30-28-45)64(5,6)7;/h9-36,38-41H,8H2,1-7H3;/q-2;+2/i5D3,6D3,7D3,41D;. The maximum absolute atomic E-state index is 9.50. The molecule has 0 N–H and O–H groups in total. The van der Waals surface area contributed by atoms with Gasteiger partial charge in [0.15, 0.2) is 0 Å². The van der Waals surface area contributed by atoms with Crippen LogP contribution in [-0.4, -0.2) is 14.5 Å². The molecule has 0 radical (unpaired) electrons. The van der Waals surface area contributed by atoms with Crippen molar-refractivity contribution in [2.45, 2.75) is 59.6 Å². The third kappa shape index (κ3) is 9.27. The van der Waals surface area contributed by atoms with Crippen LogP contribution in [0.4, 0.5) is 0 Å². The molecule has 2 heterocycles. The summed E-state index contributed by atoms with van der Waals surface area (Å²) in [6.45, 7) is -2.28. The van der Waals surface area contributed by atoms with Gasteiger partial charge in [0.1, 0.15) is 5.82 Å². The minimum absolute atomic E-state index is 0. The number of fused-ring (bicyclic) bond motifs is 1. The summed E-state index contributed by atoms with van der Waals surface area (Å²) in [5.41, 5.74) is 12.0. The summed E-state index contributed by atoms with van der Waals surface area (Å²) in [6.07, 6.45) is 1.65. The number of ether oxygens (including phenoxy) is 1. The first-order chi connectivity index (χ1) is 37.0. The van der Waals surface area contributed by atoms with Crippen molar-refractivity contribution in [2.24, 2.45) is 0 Å². The van der Waals surface area contributed by atoms with Crippen LogP contribution in [0.2, 0.25) is 0 Å². The van der Waals surface area contributed by atoms with E-state index < -0.39 is 31.9 Å². The predicted molar refractivity (Wildman–Crippen MR) is 284 cm³/mol. The largest absolute Gasteiger partial charge is 2.00 e. The van der Waals surface area contributed by atoms with Crippen molar-refractivity contribution in [2.75, 3.05) is 0 Å². The Morgan fingerprint density at radius 1 is 0.609 bits per heavy atom. The van der Waals surface area contributed by atoms with Crippen LogP contribution in [-0.2, 0) is 26.5 Å². The van der Waals surface area contributed by atoms with Crippen LogP contribution >= 0.6 is 0 Å². The second kappa shape index (κ2) is 19.5. The van der Waals surface area contributed by atoms with E-state index in [0.29, 0.717) is 39.5 Å². The quantitative estimate of drug-likeness (QED) is 0.128. The molecule has 0 atom stereocenters. The Labute approximate surface area is 436 Å². The van der Waals surface area contributed by atoms with Crippen LogP contribution < -0.4 is 4.74 Å². The van der Waals surface area contributed by atoms with Crippen molar-refractivity contribution in [1.82, 2.24) is 14.5 Å². The van der Waals surface area contributed by atoms with Crippen molar-refractivity contribution >= 4 is 11.0 Å². The van der Waals surface area contributed by atoms with Gasteiger partial charge in [-0.15, -0.1) is 23.8 Å². The topological polar surface area (TPSA) is 39.9 Å². The summed E-state index contributed by atoms with van der Waals surface area (Å²) in [7, 11) is 3.92. The van der Waals surface area contributed by atoms with E-state index in [9.17, 15) is 1.37 Å². The van der Waals surface area contributed by atoms with Crippen LogP contribution in [0.5, 0.6) is 5.75 Å². The molecular formula is C64H55N3OPt. The van der Waals surface area contributed by atoms with Gasteiger partial charge in [-0.3, -0.25) is 9.55 Å². The van der Waals surface area contributed by atoms with Gasteiger partial charge >= 0.3 is 21.1 Å². The van der Waals surface area contributed by atoms with Gasteiger partial charge in [-0.2, -0.15) is 7.11 Å². The summed E-state index contributed by atoms with van der Waals surface area (Å²) in [5, 5.41) is 0. The van der Waals surface area contributed by atoms with E-state index in [-0.39, 0.29) is 26.6 Å². The summed E-state index contributed by atoms with van der Waals surface area (Å²) >= 11 is 0. The number of pyridine rings is 1. The number of hydrogen-bond donors (Lipinski definition) is 0. The van der Waals surface area contributed by atoms with Gasteiger partial charge in [0, 0.05) is 31.2 Å². The molecule has 0 saturated carbocycles. The Bertz CT molecular complexity index is 3810. The van der Waals surface area contributed by atoms with E-state index in [2.05, 4.69) is 78.4 Å². The molecule has 342 valence electrons. The first-order valence-corrected chi connectivity index (χ1v) is 22.6. The van der Waals surface area contributed by atoms with Gasteiger partial charge in [-0.05, 0) is 111 Å². The minimum atomic E-state index is -3.39. The fraction of sp³-hybridized carbons (Fsp3) is 0.141. The molecule has 2 aromatic heterocycles. The van der Waals surface area contributed by atoms with Crippen molar-refractivity contribution in [1.29, 1.82) is 0 Å². The van der Waals surface area contributed by atoms with E-state index in [1.54, 1.807) is 24.4 Å². The summed E-state index contributed by atoms with van der Waals surface area (Å²) in [4.78, 5) is 10.5. The number of imidazole rings is 1. The van der Waals surface area contributed by atoms with Gasteiger partial charge in [0.25, 0.3) is 0 Å². The molecule has 0 amide bonds. The SMILES string of the molecule is [2H]C(C)(C)c1cc(-c2ccccc2)c(-n2c(-c3cc(C)cc(C)c3O[CH2-])nc3c(-c4[c-]c(-c5cc(-c6ccc(C(C([2H])([2H])[2H])(C([2H])([2H])[2H])C([2H])([2H])[2H])cc6)ccn5)cc(-c5ccccc5)c4)cccc32)cc1-c1ccccc1.[Pt+2]. The van der Waals surface area contributed by atoms with Crippen molar-refractivity contribution in [3.8, 4) is 89.7 Å². The van der Waals surface area contributed by atoms with E-state index >= 15 is 0 Å². The Morgan fingerprint density at radius 2 is 1.25 bits per heavy atom. The third-order valence-corrected chi connectivity index (χ3v) is 12.5. The molecule has 10 rings (SSSR count). The molecule has 0 aliphatic carbocycles. The van der Waals surface area contributed by atoms with E-state index in [4.69, 9.17) is 27.0 Å². The molecule has 0 fully saturated rings. The Balaban J connectivity index is 0.00000757. The summed E-state index contributed by atoms with van der Waals surface area (Å²) in [5.74, 6) is 0.223. The maximum atomic E-state index is 9.50. The molecule has 0 aliphatic heterocycles. The fourth-order valence-corrected chi connectivity index (χ4v) is 9.27. The second-order valence-corrected chi connectivity index (χ2v) is 17.5. The van der Waals surface area contributed by atoms with Crippen LogP contribution in [0.1, 0.15) is 76.3 Å². The van der Waals surface area contributed by atoms with E-state index in [0.717, 1.165) is 78.0 Å². The Morgan fingerprint density at radius 3 is 1.90 bits per heavy atom. The number of benzene rings is 8. The Hall–Kier alpha value is -7.13. The van der Waals surface area contributed by atoms with Gasteiger partial charge in [-0.25, -0.2) is 4.98 Å². The van der Waals surface area contributed by atoms with Gasteiger partial charge in [0.2, 0.25) is 0 Å². The molecular weight excluding hydrogens is 1020 g/mol. The second-order valence-electron chi connectivity index (χ2n) is 17.5. The van der Waals surface area contributed by atoms with E-state index in [1.807, 2.05) is 119 Å². The summed E-state index contributed by atoms with van der Waals surface area (Å²) < 4.78 is 91.8. The van der Waals surface area contributed by atoms with Crippen LogP contribution in [0, 0.1) is 27.0 Å². The summed E-state index contributed by atoms with van der Waals surface area (Å²) in [6, 6.07) is 62.1. The van der Waals surface area contributed by atoms with E-state index in [1.165, 1.54) is 12.1 Å². The molecule has 0 spiro atoms. The minimum Gasteiger partial charge on any atom is -0.665 e. The van der Waals surface area contributed by atoms with Gasteiger partial charge < -0.3 is 4.74 Å². The number of hydrogen-bond acceptors (Lipinski definition) is 3. The van der Waals surface area contributed by atoms with Gasteiger partial charge in [-0.1, -0.05) is 191 Å². The smallest absolute Gasteiger partial charge is 0.665 e. The molecule has 0 bridgehead atoms. The third-order valence-electron chi connectivity index (χ3n) is 12.5. The fourth-order valence-electron chi connectivity index (χ4n) is 9.27. The van der Waals surface area contributed by atoms with Crippen molar-refractivity contribution in [3.63, 3.8) is 0 Å². The van der Waals surface area contributed by atoms with Crippen LogP contribution in [0.15, 0.2) is 188 Å². The molecule has 0 saturated heterocycles. The van der Waals surface area contributed by atoms with Crippen molar-refractivity contribution < 1.29 is 39.5 Å². The zero-order valence-electron chi connectivity index (χ0n) is 48.7. The molecule has 0 unspecified atom stereocenters. The molecule has 8 aromatic carbocycles. The molecule has 69 heavy (non-hydrogen) atoms. The zero-order valence-corrected chi connectivity index (χ0v) is 40.9.